The van der Waals surface area contributed by atoms with Gasteiger partial charge in [-0.3, -0.25) is 0 Å². The highest BCUT2D eigenvalue weighted by Gasteiger charge is 2.14. The molecule has 1 aromatic rings. The minimum atomic E-state index is 0.863. The lowest BCUT2D eigenvalue weighted by Gasteiger charge is -2.05. The van der Waals surface area contributed by atoms with Crippen molar-refractivity contribution in [2.45, 2.75) is 32.1 Å². The minimum Gasteiger partial charge on any atom is -0.493 e. The Morgan fingerprint density at radius 3 is 3.07 bits per heavy atom. The van der Waals surface area contributed by atoms with Crippen LogP contribution in [0.5, 0.6) is 5.75 Å². The summed E-state index contributed by atoms with van der Waals surface area (Å²) in [6, 6.07) is 6.41. The summed E-state index contributed by atoms with van der Waals surface area (Å²) < 4.78 is 5.53. The van der Waals surface area contributed by atoms with Crippen molar-refractivity contribution in [3.05, 3.63) is 36.2 Å². The molecule has 0 bridgehead atoms. The number of benzene rings is 1. The molecule has 75 valence electrons. The molecule has 1 aromatic carbocycles. The molecule has 0 spiro atoms. The van der Waals surface area contributed by atoms with Gasteiger partial charge in [0.1, 0.15) is 5.75 Å². The van der Waals surface area contributed by atoms with Gasteiger partial charge in [-0.1, -0.05) is 31.9 Å². The van der Waals surface area contributed by atoms with Gasteiger partial charge in [0.15, 0.2) is 0 Å². The summed E-state index contributed by atoms with van der Waals surface area (Å²) in [6.45, 7) is 4.73. The number of fused-ring (bicyclic) bond motifs is 1. The van der Waals surface area contributed by atoms with Crippen LogP contribution < -0.4 is 4.74 Å². The largest absolute Gasteiger partial charge is 0.493 e. The average molecular weight is 189 g/mol. The van der Waals surface area contributed by atoms with E-state index in [9.17, 15) is 0 Å². The van der Waals surface area contributed by atoms with Crippen LogP contribution in [0.25, 0.3) is 0 Å². The van der Waals surface area contributed by atoms with Gasteiger partial charge in [-0.25, -0.2) is 0 Å². The first kappa shape index (κ1) is 9.57. The van der Waals surface area contributed by atoms with Crippen molar-refractivity contribution in [3.8, 4) is 5.75 Å². The molecule has 0 unspecified atom stereocenters. The van der Waals surface area contributed by atoms with Crippen molar-refractivity contribution in [2.75, 3.05) is 6.61 Å². The van der Waals surface area contributed by atoms with Gasteiger partial charge in [-0.15, -0.1) is 0 Å². The van der Waals surface area contributed by atoms with Gasteiger partial charge in [0, 0.05) is 12.0 Å². The van der Waals surface area contributed by atoms with E-state index in [4.69, 9.17) is 4.74 Å². The molecular formula is C13H17O. The molecule has 1 radical (unpaired) electrons. The fraction of sp³-hybridized carbons (Fsp3) is 0.462. The van der Waals surface area contributed by atoms with Crippen molar-refractivity contribution in [1.29, 1.82) is 0 Å². The van der Waals surface area contributed by atoms with Gasteiger partial charge in [-0.05, 0) is 24.5 Å². The van der Waals surface area contributed by atoms with Crippen molar-refractivity contribution in [1.82, 2.24) is 0 Å². The van der Waals surface area contributed by atoms with Crippen LogP contribution in [0.3, 0.4) is 0 Å². The monoisotopic (exact) mass is 189 g/mol. The zero-order valence-electron chi connectivity index (χ0n) is 8.59. The molecule has 0 fully saturated rings. The smallest absolute Gasteiger partial charge is 0.122 e. The van der Waals surface area contributed by atoms with E-state index in [1.54, 1.807) is 0 Å². The lowest BCUT2D eigenvalue weighted by Crippen LogP contribution is -1.91. The van der Waals surface area contributed by atoms with Gasteiger partial charge < -0.3 is 4.74 Å². The Bertz CT molecular complexity index is 304. The average Bonchev–Trinajstić information content (AvgIpc) is 2.67. The molecule has 0 aromatic heterocycles. The molecule has 0 saturated heterocycles. The maximum atomic E-state index is 5.53. The maximum absolute atomic E-state index is 5.53. The SMILES string of the molecule is [CH2]CCCCc1cccc2c1CCO2. The molecule has 0 aliphatic carbocycles. The highest BCUT2D eigenvalue weighted by molar-refractivity contribution is 5.42. The molecule has 0 amide bonds. The third kappa shape index (κ3) is 1.92. The first-order valence-corrected chi connectivity index (χ1v) is 5.44. The van der Waals surface area contributed by atoms with E-state index in [2.05, 4.69) is 25.1 Å². The summed E-state index contributed by atoms with van der Waals surface area (Å²) in [5.74, 6) is 1.11. The Balaban J connectivity index is 2.06. The second-order valence-electron chi connectivity index (χ2n) is 3.80. The number of hydrogen-bond donors (Lipinski definition) is 0. The summed E-state index contributed by atoms with van der Waals surface area (Å²) >= 11 is 0. The molecule has 1 aliphatic heterocycles. The number of hydrogen-bond acceptors (Lipinski definition) is 1. The molecule has 1 aliphatic rings. The second kappa shape index (κ2) is 4.50. The molecule has 1 heteroatoms. The predicted octanol–water partition coefficient (Wildman–Crippen LogP) is 3.17. The standard InChI is InChI=1S/C13H17O/c1-2-3-4-6-11-7-5-8-13-12(11)9-10-14-13/h5,7-8H,1-4,6,9-10H2. The van der Waals surface area contributed by atoms with Crippen LogP contribution in [-0.2, 0) is 12.8 Å². The first-order chi connectivity index (χ1) is 6.92. The predicted molar refractivity (Wildman–Crippen MR) is 58.6 cm³/mol. The second-order valence-corrected chi connectivity index (χ2v) is 3.80. The van der Waals surface area contributed by atoms with Crippen LogP contribution in [0.15, 0.2) is 18.2 Å². The van der Waals surface area contributed by atoms with Crippen LogP contribution in [-0.4, -0.2) is 6.61 Å². The molecular weight excluding hydrogens is 172 g/mol. The van der Waals surface area contributed by atoms with Crippen LogP contribution in [0.1, 0.15) is 30.4 Å². The molecule has 1 heterocycles. The fourth-order valence-electron chi connectivity index (χ4n) is 2.02. The summed E-state index contributed by atoms with van der Waals surface area (Å²) in [7, 11) is 0. The van der Waals surface area contributed by atoms with Gasteiger partial charge >= 0.3 is 0 Å². The van der Waals surface area contributed by atoms with Crippen molar-refractivity contribution < 1.29 is 4.74 Å². The van der Waals surface area contributed by atoms with E-state index < -0.39 is 0 Å². The highest BCUT2D eigenvalue weighted by Crippen LogP contribution is 2.28. The molecule has 0 N–H and O–H groups in total. The van der Waals surface area contributed by atoms with Gasteiger partial charge in [0.25, 0.3) is 0 Å². The third-order valence-corrected chi connectivity index (χ3v) is 2.79. The summed E-state index contributed by atoms with van der Waals surface area (Å²) in [5, 5.41) is 0. The summed E-state index contributed by atoms with van der Waals surface area (Å²) in [4.78, 5) is 0. The topological polar surface area (TPSA) is 9.23 Å². The van der Waals surface area contributed by atoms with E-state index in [0.717, 1.165) is 25.2 Å². The highest BCUT2D eigenvalue weighted by atomic mass is 16.5. The van der Waals surface area contributed by atoms with Gasteiger partial charge in [0.05, 0.1) is 6.61 Å². The quantitative estimate of drug-likeness (QED) is 0.661. The number of ether oxygens (including phenoxy) is 1. The van der Waals surface area contributed by atoms with Crippen molar-refractivity contribution >= 4 is 0 Å². The van der Waals surface area contributed by atoms with Crippen molar-refractivity contribution in [3.63, 3.8) is 0 Å². The van der Waals surface area contributed by atoms with E-state index in [0.29, 0.717) is 0 Å². The maximum Gasteiger partial charge on any atom is 0.122 e. The third-order valence-electron chi connectivity index (χ3n) is 2.79. The lowest BCUT2D eigenvalue weighted by atomic mass is 10.00. The summed E-state index contributed by atoms with van der Waals surface area (Å²) in [5.41, 5.74) is 2.92. The number of unbranched alkanes of at least 4 members (excludes halogenated alkanes) is 2. The van der Waals surface area contributed by atoms with Crippen LogP contribution in [0.4, 0.5) is 0 Å². The molecule has 0 saturated carbocycles. The molecule has 14 heavy (non-hydrogen) atoms. The van der Waals surface area contributed by atoms with E-state index in [-0.39, 0.29) is 0 Å². The Kier molecular flexibility index (Phi) is 3.07. The normalized spacial score (nSPS) is 13.8. The van der Waals surface area contributed by atoms with E-state index >= 15 is 0 Å². The Morgan fingerprint density at radius 2 is 2.21 bits per heavy atom. The molecule has 1 nitrogen and oxygen atoms in total. The number of rotatable bonds is 4. The van der Waals surface area contributed by atoms with Crippen molar-refractivity contribution in [2.24, 2.45) is 0 Å². The van der Waals surface area contributed by atoms with E-state index in [1.165, 1.54) is 30.4 Å². The lowest BCUT2D eigenvalue weighted by molar-refractivity contribution is 0.357. The first-order valence-electron chi connectivity index (χ1n) is 5.44. The Hall–Kier alpha value is -0.980. The molecule has 0 atom stereocenters. The Labute approximate surface area is 86.1 Å². The zero-order valence-corrected chi connectivity index (χ0v) is 8.59. The van der Waals surface area contributed by atoms with Crippen LogP contribution in [0, 0.1) is 6.92 Å². The number of aryl methyl sites for hydroxylation is 1. The van der Waals surface area contributed by atoms with Crippen LogP contribution in [0.2, 0.25) is 0 Å². The van der Waals surface area contributed by atoms with Crippen LogP contribution >= 0.6 is 0 Å². The summed E-state index contributed by atoms with van der Waals surface area (Å²) in [6.07, 6.45) is 5.80. The fourth-order valence-corrected chi connectivity index (χ4v) is 2.02. The zero-order chi connectivity index (χ0) is 9.80. The van der Waals surface area contributed by atoms with Gasteiger partial charge in [0.2, 0.25) is 0 Å². The minimum absolute atomic E-state index is 0.863. The Morgan fingerprint density at radius 1 is 1.29 bits per heavy atom. The van der Waals surface area contributed by atoms with Gasteiger partial charge in [-0.2, -0.15) is 0 Å². The van der Waals surface area contributed by atoms with E-state index in [1.807, 2.05) is 0 Å². The molecule has 2 rings (SSSR count).